The number of hydrogen-bond acceptors (Lipinski definition) is 3. The summed E-state index contributed by atoms with van der Waals surface area (Å²) in [6, 6.07) is 4.61. The number of benzene rings is 1. The van der Waals surface area contributed by atoms with E-state index >= 15 is 0 Å². The summed E-state index contributed by atoms with van der Waals surface area (Å²) in [6.45, 7) is 0. The molecule has 6 heteroatoms. The average Bonchev–Trinajstić information content (AvgIpc) is 2.74. The number of carbonyl (C=O) groups is 1. The second kappa shape index (κ2) is 4.36. The summed E-state index contributed by atoms with van der Waals surface area (Å²) in [5.74, 6) is -0.274. The van der Waals surface area contributed by atoms with Crippen molar-refractivity contribution in [2.24, 2.45) is 0 Å². The Balaban J connectivity index is 2.18. The summed E-state index contributed by atoms with van der Waals surface area (Å²) >= 11 is 3.14. The van der Waals surface area contributed by atoms with E-state index in [4.69, 9.17) is 0 Å². The van der Waals surface area contributed by atoms with Crippen LogP contribution in [0.5, 0.6) is 5.75 Å². The number of hydrogen-bond donors (Lipinski definition) is 3. The van der Waals surface area contributed by atoms with E-state index in [9.17, 15) is 9.90 Å². The number of amides is 1. The van der Waals surface area contributed by atoms with Crippen molar-refractivity contribution in [3.8, 4) is 5.75 Å². The number of carbonyl (C=O) groups excluding carboxylic acids is 1. The van der Waals surface area contributed by atoms with Crippen LogP contribution in [0.4, 0.5) is 5.69 Å². The molecule has 0 radical (unpaired) electrons. The van der Waals surface area contributed by atoms with Crippen LogP contribution >= 0.6 is 15.9 Å². The number of aromatic nitrogens is 2. The zero-order valence-corrected chi connectivity index (χ0v) is 9.65. The number of phenols is 1. The maximum Gasteiger partial charge on any atom is 0.255 e. The zero-order valence-electron chi connectivity index (χ0n) is 8.07. The first-order valence-electron chi connectivity index (χ1n) is 4.45. The molecule has 16 heavy (non-hydrogen) atoms. The molecule has 3 N–H and O–H groups in total. The summed E-state index contributed by atoms with van der Waals surface area (Å²) in [6.07, 6.45) is 3.06. The maximum atomic E-state index is 11.7. The van der Waals surface area contributed by atoms with E-state index in [2.05, 4.69) is 31.4 Å². The summed E-state index contributed by atoms with van der Waals surface area (Å²) in [5, 5.41) is 18.3. The van der Waals surface area contributed by atoms with E-state index < -0.39 is 0 Å². The molecule has 0 bridgehead atoms. The van der Waals surface area contributed by atoms with Crippen LogP contribution in [-0.4, -0.2) is 21.2 Å². The molecule has 0 aliphatic heterocycles. The predicted molar refractivity (Wildman–Crippen MR) is 62.3 cm³/mol. The van der Waals surface area contributed by atoms with Gasteiger partial charge in [0.05, 0.1) is 16.4 Å². The van der Waals surface area contributed by atoms with Crippen molar-refractivity contribution in [1.29, 1.82) is 0 Å². The number of H-pyrrole nitrogens is 1. The number of nitrogens with one attached hydrogen (secondary N) is 2. The summed E-state index contributed by atoms with van der Waals surface area (Å²) in [4.78, 5) is 11.7. The molecule has 0 atom stereocenters. The molecule has 5 nitrogen and oxygen atoms in total. The quantitative estimate of drug-likeness (QED) is 0.789. The number of aromatic amines is 1. The minimum Gasteiger partial charge on any atom is -0.507 e. The minimum absolute atomic E-state index is 0.0276. The highest BCUT2D eigenvalue weighted by molar-refractivity contribution is 9.10. The van der Waals surface area contributed by atoms with Crippen LogP contribution in [-0.2, 0) is 0 Å². The molecule has 0 fully saturated rings. The first-order chi connectivity index (χ1) is 7.66. The lowest BCUT2D eigenvalue weighted by molar-refractivity contribution is 0.102. The minimum atomic E-state index is -0.302. The molecule has 2 aromatic rings. The molecule has 2 rings (SSSR count). The van der Waals surface area contributed by atoms with Gasteiger partial charge in [0, 0.05) is 11.8 Å². The number of rotatable bonds is 2. The Morgan fingerprint density at radius 2 is 2.31 bits per heavy atom. The molecule has 0 saturated heterocycles. The van der Waals surface area contributed by atoms with E-state index in [1.807, 2.05) is 0 Å². The lowest BCUT2D eigenvalue weighted by Crippen LogP contribution is -2.11. The monoisotopic (exact) mass is 281 g/mol. The lowest BCUT2D eigenvalue weighted by Gasteiger charge is -2.03. The fraction of sp³-hybridized carbons (Fsp3) is 0. The van der Waals surface area contributed by atoms with Gasteiger partial charge in [-0.25, -0.2) is 0 Å². The van der Waals surface area contributed by atoms with Crippen LogP contribution in [0.3, 0.4) is 0 Å². The van der Waals surface area contributed by atoms with Crippen LogP contribution in [0.1, 0.15) is 10.4 Å². The van der Waals surface area contributed by atoms with Crippen molar-refractivity contribution in [3.05, 3.63) is 40.6 Å². The van der Waals surface area contributed by atoms with E-state index in [-0.39, 0.29) is 11.7 Å². The van der Waals surface area contributed by atoms with Crippen LogP contribution < -0.4 is 5.32 Å². The molecule has 0 aliphatic carbocycles. The normalized spacial score (nSPS) is 10.1. The Morgan fingerprint density at radius 3 is 2.94 bits per heavy atom. The highest BCUT2D eigenvalue weighted by Crippen LogP contribution is 2.24. The molecular weight excluding hydrogens is 274 g/mol. The molecule has 82 valence electrons. The third-order valence-electron chi connectivity index (χ3n) is 1.96. The second-order valence-electron chi connectivity index (χ2n) is 3.11. The van der Waals surface area contributed by atoms with Crippen LogP contribution in [0.15, 0.2) is 35.1 Å². The van der Waals surface area contributed by atoms with Gasteiger partial charge >= 0.3 is 0 Å². The maximum absolute atomic E-state index is 11.7. The first kappa shape index (κ1) is 10.7. The number of anilines is 1. The standard InChI is InChI=1S/C10H8BrN3O2/c11-8-2-1-6(3-9(8)15)10(16)14-7-4-12-13-5-7/h1-5,15H,(H,12,13)(H,14,16). The Bertz CT molecular complexity index is 511. The van der Waals surface area contributed by atoms with Crippen LogP contribution in [0.25, 0.3) is 0 Å². The van der Waals surface area contributed by atoms with Crippen molar-refractivity contribution in [2.75, 3.05) is 5.32 Å². The lowest BCUT2D eigenvalue weighted by atomic mass is 10.2. The van der Waals surface area contributed by atoms with Gasteiger partial charge < -0.3 is 10.4 Å². The molecule has 0 spiro atoms. The van der Waals surface area contributed by atoms with Gasteiger partial charge in [-0.3, -0.25) is 9.89 Å². The molecular formula is C10H8BrN3O2. The van der Waals surface area contributed by atoms with Gasteiger partial charge in [-0.1, -0.05) is 0 Å². The van der Waals surface area contributed by atoms with Gasteiger partial charge in [-0.15, -0.1) is 0 Å². The Hall–Kier alpha value is -1.82. The van der Waals surface area contributed by atoms with Gasteiger partial charge in [0.1, 0.15) is 5.75 Å². The van der Waals surface area contributed by atoms with E-state index in [0.717, 1.165) is 0 Å². The highest BCUT2D eigenvalue weighted by atomic mass is 79.9. The van der Waals surface area contributed by atoms with E-state index in [1.54, 1.807) is 18.3 Å². The fourth-order valence-corrected chi connectivity index (χ4v) is 1.42. The second-order valence-corrected chi connectivity index (χ2v) is 3.96. The first-order valence-corrected chi connectivity index (χ1v) is 5.25. The third-order valence-corrected chi connectivity index (χ3v) is 2.63. The van der Waals surface area contributed by atoms with Crippen molar-refractivity contribution >= 4 is 27.5 Å². The Labute approximate surface area is 99.6 Å². The molecule has 1 aromatic carbocycles. The molecule has 0 aliphatic rings. The highest BCUT2D eigenvalue weighted by Gasteiger charge is 2.08. The van der Waals surface area contributed by atoms with Gasteiger partial charge in [-0.05, 0) is 34.1 Å². The topological polar surface area (TPSA) is 78.0 Å². The average molecular weight is 282 g/mol. The van der Waals surface area contributed by atoms with E-state index in [1.165, 1.54) is 12.3 Å². The SMILES string of the molecule is O=C(Nc1cn[nH]c1)c1ccc(Br)c(O)c1. The van der Waals surface area contributed by atoms with Crippen LogP contribution in [0, 0.1) is 0 Å². The Kier molecular flexibility index (Phi) is 2.91. The summed E-state index contributed by atoms with van der Waals surface area (Å²) in [5.41, 5.74) is 0.953. The number of aromatic hydroxyl groups is 1. The number of halogens is 1. The number of nitrogens with zero attached hydrogens (tertiary/aromatic N) is 1. The molecule has 0 unspecified atom stereocenters. The van der Waals surface area contributed by atoms with Crippen molar-refractivity contribution < 1.29 is 9.90 Å². The van der Waals surface area contributed by atoms with Crippen molar-refractivity contribution in [2.45, 2.75) is 0 Å². The zero-order chi connectivity index (χ0) is 11.5. The smallest absolute Gasteiger partial charge is 0.255 e. The van der Waals surface area contributed by atoms with Gasteiger partial charge in [-0.2, -0.15) is 5.10 Å². The largest absolute Gasteiger partial charge is 0.507 e. The molecule has 1 heterocycles. The van der Waals surface area contributed by atoms with Gasteiger partial charge in [0.2, 0.25) is 0 Å². The van der Waals surface area contributed by atoms with Gasteiger partial charge in [0.15, 0.2) is 0 Å². The summed E-state index contributed by atoms with van der Waals surface area (Å²) in [7, 11) is 0. The van der Waals surface area contributed by atoms with Crippen LogP contribution in [0.2, 0.25) is 0 Å². The third kappa shape index (κ3) is 2.22. The Morgan fingerprint density at radius 1 is 1.50 bits per heavy atom. The van der Waals surface area contributed by atoms with Crippen molar-refractivity contribution in [1.82, 2.24) is 10.2 Å². The van der Waals surface area contributed by atoms with Gasteiger partial charge in [0.25, 0.3) is 5.91 Å². The summed E-state index contributed by atoms with van der Waals surface area (Å²) < 4.78 is 0.548. The van der Waals surface area contributed by atoms with Crippen molar-refractivity contribution in [3.63, 3.8) is 0 Å². The molecule has 1 aromatic heterocycles. The fourth-order valence-electron chi connectivity index (χ4n) is 1.18. The molecule has 1 amide bonds. The molecule has 0 saturated carbocycles. The number of phenolic OH excluding ortho intramolecular Hbond substituents is 1. The predicted octanol–water partition coefficient (Wildman–Crippen LogP) is 2.13. The van der Waals surface area contributed by atoms with E-state index in [0.29, 0.717) is 15.7 Å².